The lowest BCUT2D eigenvalue weighted by Crippen LogP contribution is -2.41. The SMILES string of the molecule is CN(C)CCn1c(=O)n(C2CCN(C(=O)c3c[nH]c4cc(Cl)ccc34)CC2)c2ccccc21. The summed E-state index contributed by atoms with van der Waals surface area (Å²) in [5.74, 6) is 0.0165. The third-order valence-electron chi connectivity index (χ3n) is 6.63. The van der Waals surface area contributed by atoms with Crippen molar-refractivity contribution in [3.8, 4) is 0 Å². The summed E-state index contributed by atoms with van der Waals surface area (Å²) in [6, 6.07) is 13.6. The number of aromatic nitrogens is 3. The standard InChI is InChI=1S/C25H28ClN5O2/c1-28(2)13-14-30-22-5-3-4-6-23(22)31(25(30)33)18-9-11-29(12-10-18)24(32)20-16-27-21-15-17(26)7-8-19(20)21/h3-8,15-16,18,27H,9-14H2,1-2H3. The minimum atomic E-state index is 0.0165. The normalized spacial score (nSPS) is 15.2. The molecule has 4 aromatic rings. The van der Waals surface area contributed by atoms with E-state index < -0.39 is 0 Å². The molecule has 0 radical (unpaired) electrons. The number of hydrogen-bond donors (Lipinski definition) is 1. The Morgan fingerprint density at radius 1 is 1.12 bits per heavy atom. The number of carbonyl (C=O) groups is 1. The molecule has 172 valence electrons. The van der Waals surface area contributed by atoms with Crippen LogP contribution < -0.4 is 5.69 Å². The molecule has 1 fully saturated rings. The molecule has 5 rings (SSSR count). The summed E-state index contributed by atoms with van der Waals surface area (Å²) in [7, 11) is 4.03. The predicted molar refractivity (Wildman–Crippen MR) is 132 cm³/mol. The average Bonchev–Trinajstić information content (AvgIpc) is 3.35. The first-order valence-electron chi connectivity index (χ1n) is 11.3. The predicted octanol–water partition coefficient (Wildman–Crippen LogP) is 3.98. The molecule has 33 heavy (non-hydrogen) atoms. The molecule has 8 heteroatoms. The van der Waals surface area contributed by atoms with Crippen LogP contribution in [0.5, 0.6) is 0 Å². The Kier molecular flexibility index (Phi) is 5.76. The Bertz CT molecular complexity index is 1370. The zero-order chi connectivity index (χ0) is 23.1. The van der Waals surface area contributed by atoms with Crippen molar-refractivity contribution in [2.75, 3.05) is 33.7 Å². The second kappa shape index (κ2) is 8.72. The Hall–Kier alpha value is -3.03. The van der Waals surface area contributed by atoms with Crippen molar-refractivity contribution < 1.29 is 4.79 Å². The third kappa shape index (κ3) is 3.96. The number of aromatic amines is 1. The molecule has 1 saturated heterocycles. The molecule has 7 nitrogen and oxygen atoms in total. The van der Waals surface area contributed by atoms with Gasteiger partial charge in [0, 0.05) is 54.3 Å². The van der Waals surface area contributed by atoms with Gasteiger partial charge >= 0.3 is 5.69 Å². The van der Waals surface area contributed by atoms with Crippen LogP contribution in [-0.4, -0.2) is 63.6 Å². The van der Waals surface area contributed by atoms with Gasteiger partial charge in [0.2, 0.25) is 0 Å². The van der Waals surface area contributed by atoms with Crippen LogP contribution in [0.25, 0.3) is 21.9 Å². The van der Waals surface area contributed by atoms with Crippen LogP contribution in [0.15, 0.2) is 53.5 Å². The number of piperidine rings is 1. The van der Waals surface area contributed by atoms with Gasteiger partial charge in [-0.2, -0.15) is 0 Å². The lowest BCUT2D eigenvalue weighted by atomic mass is 10.0. The van der Waals surface area contributed by atoms with Crippen molar-refractivity contribution in [3.05, 3.63) is 69.7 Å². The second-order valence-electron chi connectivity index (χ2n) is 9.01. The fourth-order valence-electron chi connectivity index (χ4n) is 4.87. The fourth-order valence-corrected chi connectivity index (χ4v) is 5.05. The van der Waals surface area contributed by atoms with Gasteiger partial charge in [0.1, 0.15) is 0 Å². The number of hydrogen-bond acceptors (Lipinski definition) is 3. The zero-order valence-corrected chi connectivity index (χ0v) is 19.7. The number of benzene rings is 2. The van der Waals surface area contributed by atoms with E-state index in [9.17, 15) is 9.59 Å². The maximum atomic E-state index is 13.4. The number of amides is 1. The number of rotatable bonds is 5. The lowest BCUT2D eigenvalue weighted by molar-refractivity contribution is 0.0696. The minimum Gasteiger partial charge on any atom is -0.360 e. The monoisotopic (exact) mass is 465 g/mol. The Morgan fingerprint density at radius 3 is 2.58 bits per heavy atom. The highest BCUT2D eigenvalue weighted by Gasteiger charge is 2.28. The van der Waals surface area contributed by atoms with Crippen molar-refractivity contribution in [2.24, 2.45) is 0 Å². The number of fused-ring (bicyclic) bond motifs is 2. The van der Waals surface area contributed by atoms with E-state index in [1.807, 2.05) is 64.5 Å². The van der Waals surface area contributed by atoms with Gasteiger partial charge in [0.15, 0.2) is 0 Å². The zero-order valence-electron chi connectivity index (χ0n) is 18.9. The molecule has 2 aromatic carbocycles. The van der Waals surface area contributed by atoms with Gasteiger partial charge < -0.3 is 14.8 Å². The molecule has 0 saturated carbocycles. The van der Waals surface area contributed by atoms with Crippen LogP contribution in [0.4, 0.5) is 0 Å². The maximum absolute atomic E-state index is 13.4. The van der Waals surface area contributed by atoms with Crippen LogP contribution in [-0.2, 0) is 6.54 Å². The molecule has 0 atom stereocenters. The highest BCUT2D eigenvalue weighted by molar-refractivity contribution is 6.31. The van der Waals surface area contributed by atoms with E-state index in [4.69, 9.17) is 11.6 Å². The highest BCUT2D eigenvalue weighted by atomic mass is 35.5. The molecular weight excluding hydrogens is 438 g/mol. The maximum Gasteiger partial charge on any atom is 0.329 e. The third-order valence-corrected chi connectivity index (χ3v) is 6.87. The molecule has 0 aliphatic carbocycles. The van der Waals surface area contributed by atoms with E-state index in [2.05, 4.69) is 9.88 Å². The van der Waals surface area contributed by atoms with E-state index in [-0.39, 0.29) is 17.6 Å². The molecule has 1 amide bonds. The molecule has 0 unspecified atom stereocenters. The number of halogens is 1. The van der Waals surface area contributed by atoms with Crippen LogP contribution in [0.1, 0.15) is 29.2 Å². The van der Waals surface area contributed by atoms with E-state index in [1.54, 1.807) is 12.3 Å². The van der Waals surface area contributed by atoms with E-state index in [0.29, 0.717) is 30.2 Å². The molecule has 1 N–H and O–H groups in total. The number of likely N-dealkylation sites (N-methyl/N-ethyl adjacent to an activating group) is 1. The lowest BCUT2D eigenvalue weighted by Gasteiger charge is -2.32. The van der Waals surface area contributed by atoms with E-state index in [0.717, 1.165) is 41.3 Å². The van der Waals surface area contributed by atoms with Gasteiger partial charge in [0.05, 0.1) is 16.6 Å². The Balaban J connectivity index is 1.37. The molecule has 3 heterocycles. The molecule has 0 bridgehead atoms. The fraction of sp³-hybridized carbons (Fsp3) is 0.360. The number of nitrogens with one attached hydrogen (secondary N) is 1. The second-order valence-corrected chi connectivity index (χ2v) is 9.45. The number of likely N-dealkylation sites (tertiary alicyclic amines) is 1. The smallest absolute Gasteiger partial charge is 0.329 e. The minimum absolute atomic E-state index is 0.0165. The number of H-pyrrole nitrogens is 1. The summed E-state index contributed by atoms with van der Waals surface area (Å²) in [5.41, 5.74) is 3.51. The first kappa shape index (κ1) is 21.8. The van der Waals surface area contributed by atoms with Gasteiger partial charge in [0.25, 0.3) is 5.91 Å². The van der Waals surface area contributed by atoms with Gasteiger partial charge in [-0.3, -0.25) is 13.9 Å². The summed E-state index contributed by atoms with van der Waals surface area (Å²) >= 11 is 6.07. The van der Waals surface area contributed by atoms with Crippen molar-refractivity contribution in [1.29, 1.82) is 0 Å². The van der Waals surface area contributed by atoms with E-state index >= 15 is 0 Å². The number of para-hydroxylation sites is 2. The molecule has 2 aromatic heterocycles. The average molecular weight is 466 g/mol. The number of nitrogens with zero attached hydrogens (tertiary/aromatic N) is 4. The molecule has 1 aliphatic rings. The quantitative estimate of drug-likeness (QED) is 0.485. The molecular formula is C25H28ClN5O2. The highest BCUT2D eigenvalue weighted by Crippen LogP contribution is 2.28. The number of carbonyl (C=O) groups excluding carboxylic acids is 1. The summed E-state index contributed by atoms with van der Waals surface area (Å²) in [6.07, 6.45) is 3.27. The largest absolute Gasteiger partial charge is 0.360 e. The first-order valence-corrected chi connectivity index (χ1v) is 11.7. The van der Waals surface area contributed by atoms with Crippen molar-refractivity contribution in [2.45, 2.75) is 25.4 Å². The van der Waals surface area contributed by atoms with Gasteiger partial charge in [-0.1, -0.05) is 29.8 Å². The molecule has 0 spiro atoms. The Labute approximate surface area is 197 Å². The summed E-state index contributed by atoms with van der Waals surface area (Å²) in [5, 5.41) is 1.52. The molecule has 1 aliphatic heterocycles. The number of imidazole rings is 1. The van der Waals surface area contributed by atoms with Crippen molar-refractivity contribution in [3.63, 3.8) is 0 Å². The van der Waals surface area contributed by atoms with Crippen molar-refractivity contribution >= 4 is 39.4 Å². The van der Waals surface area contributed by atoms with Crippen LogP contribution >= 0.6 is 11.6 Å². The summed E-state index contributed by atoms with van der Waals surface area (Å²) in [6.45, 7) is 2.69. The topological polar surface area (TPSA) is 66.3 Å². The van der Waals surface area contributed by atoms with Crippen molar-refractivity contribution in [1.82, 2.24) is 23.9 Å². The van der Waals surface area contributed by atoms with Crippen LogP contribution in [0.3, 0.4) is 0 Å². The summed E-state index contributed by atoms with van der Waals surface area (Å²) < 4.78 is 3.82. The van der Waals surface area contributed by atoms with Gasteiger partial charge in [-0.15, -0.1) is 0 Å². The first-order chi connectivity index (χ1) is 15.9. The van der Waals surface area contributed by atoms with Gasteiger partial charge in [-0.25, -0.2) is 4.79 Å². The van der Waals surface area contributed by atoms with Crippen LogP contribution in [0.2, 0.25) is 5.02 Å². The van der Waals surface area contributed by atoms with Gasteiger partial charge in [-0.05, 0) is 51.2 Å². The van der Waals surface area contributed by atoms with Crippen LogP contribution in [0, 0.1) is 0 Å². The van der Waals surface area contributed by atoms with E-state index in [1.165, 1.54) is 0 Å². The Morgan fingerprint density at radius 2 is 1.85 bits per heavy atom. The summed E-state index contributed by atoms with van der Waals surface area (Å²) in [4.78, 5) is 33.7.